The van der Waals surface area contributed by atoms with E-state index in [1.54, 1.807) is 0 Å². The highest BCUT2D eigenvalue weighted by Gasteiger charge is 2.24. The predicted molar refractivity (Wildman–Crippen MR) is 122 cm³/mol. The molecule has 0 aromatic heterocycles. The van der Waals surface area contributed by atoms with Gasteiger partial charge in [-0.25, -0.2) is 0 Å². The zero-order valence-corrected chi connectivity index (χ0v) is 18.5. The fourth-order valence-corrected chi connectivity index (χ4v) is 4.40. The molecule has 0 bridgehead atoms. The number of aryl methyl sites for hydroxylation is 2. The van der Waals surface area contributed by atoms with Crippen LogP contribution in [0.1, 0.15) is 43.5 Å². The van der Waals surface area contributed by atoms with Gasteiger partial charge in [0.2, 0.25) is 5.91 Å². The van der Waals surface area contributed by atoms with E-state index in [9.17, 15) is 4.79 Å². The summed E-state index contributed by atoms with van der Waals surface area (Å²) in [6.07, 6.45) is 1.84. The van der Waals surface area contributed by atoms with Gasteiger partial charge in [-0.1, -0.05) is 61.8 Å². The second-order valence-corrected chi connectivity index (χ2v) is 8.12. The highest BCUT2D eigenvalue weighted by atomic mass is 35.5. The topological polar surface area (TPSA) is 35.6 Å². The summed E-state index contributed by atoms with van der Waals surface area (Å²) in [5, 5.41) is 4.01. The Morgan fingerprint density at radius 1 is 1.00 bits per heavy atom. The average molecular weight is 414 g/mol. The number of hydrogen-bond donors (Lipinski definition) is 1. The maximum Gasteiger partial charge on any atom is 0.238 e. The van der Waals surface area contributed by atoms with Crippen LogP contribution in [0.15, 0.2) is 42.5 Å². The lowest BCUT2D eigenvalue weighted by Crippen LogP contribution is -2.49. The molecular weight excluding hydrogens is 382 g/mol. The highest BCUT2D eigenvalue weighted by molar-refractivity contribution is 6.31. The van der Waals surface area contributed by atoms with Crippen molar-refractivity contribution >= 4 is 23.2 Å². The molecule has 0 spiro atoms. The number of hydrogen-bond acceptors (Lipinski definition) is 3. The van der Waals surface area contributed by atoms with Crippen molar-refractivity contribution in [3.63, 3.8) is 0 Å². The van der Waals surface area contributed by atoms with Gasteiger partial charge in [0.05, 0.1) is 6.54 Å². The molecule has 1 atom stereocenters. The van der Waals surface area contributed by atoms with Crippen LogP contribution in [0.4, 0.5) is 5.69 Å². The zero-order chi connectivity index (χ0) is 20.8. The molecule has 4 nitrogen and oxygen atoms in total. The van der Waals surface area contributed by atoms with Crippen molar-refractivity contribution in [2.45, 2.75) is 39.7 Å². The molecule has 0 aliphatic carbocycles. The SMILES string of the molecule is CCc1cccc(CC)c1NC(=O)CN1CCN(C(C)c2ccccc2Cl)CC1. The third kappa shape index (κ3) is 5.39. The maximum absolute atomic E-state index is 12.7. The lowest BCUT2D eigenvalue weighted by Gasteiger charge is -2.38. The Hall–Kier alpha value is -1.88. The Morgan fingerprint density at radius 2 is 1.62 bits per heavy atom. The summed E-state index contributed by atoms with van der Waals surface area (Å²) in [7, 11) is 0. The number of nitrogens with one attached hydrogen (secondary N) is 1. The number of anilines is 1. The Balaban J connectivity index is 1.55. The Bertz CT molecular complexity index is 808. The van der Waals surface area contributed by atoms with E-state index in [4.69, 9.17) is 11.6 Å². The van der Waals surface area contributed by atoms with Crippen molar-refractivity contribution in [2.75, 3.05) is 38.0 Å². The summed E-state index contributed by atoms with van der Waals surface area (Å²) in [5.41, 5.74) is 4.59. The first-order valence-corrected chi connectivity index (χ1v) is 11.0. The third-order valence-electron chi connectivity index (χ3n) is 5.94. The molecule has 2 aromatic carbocycles. The highest BCUT2D eigenvalue weighted by Crippen LogP contribution is 2.28. The standard InChI is InChI=1S/C24H32ClN3O/c1-4-19-9-8-10-20(5-2)24(19)26-23(29)17-27-13-15-28(16-14-27)18(3)21-11-6-7-12-22(21)25/h6-12,18H,4-5,13-17H2,1-3H3,(H,26,29). The fourth-order valence-electron chi connectivity index (χ4n) is 4.10. The van der Waals surface area contributed by atoms with Gasteiger partial charge in [-0.3, -0.25) is 14.6 Å². The molecule has 1 aliphatic heterocycles. The number of amides is 1. The number of para-hydroxylation sites is 1. The first-order valence-electron chi connectivity index (χ1n) is 10.6. The van der Waals surface area contributed by atoms with Crippen LogP contribution >= 0.6 is 11.6 Å². The van der Waals surface area contributed by atoms with E-state index >= 15 is 0 Å². The van der Waals surface area contributed by atoms with E-state index in [0.717, 1.165) is 49.7 Å². The molecule has 2 aromatic rings. The van der Waals surface area contributed by atoms with E-state index in [0.29, 0.717) is 6.54 Å². The smallest absolute Gasteiger partial charge is 0.238 e. The first-order chi connectivity index (χ1) is 14.0. The quantitative estimate of drug-likeness (QED) is 0.709. The summed E-state index contributed by atoms with van der Waals surface area (Å²) < 4.78 is 0. The van der Waals surface area contributed by atoms with Crippen molar-refractivity contribution < 1.29 is 4.79 Å². The van der Waals surface area contributed by atoms with E-state index in [-0.39, 0.29) is 11.9 Å². The van der Waals surface area contributed by atoms with Gasteiger partial charge in [0.1, 0.15) is 0 Å². The van der Waals surface area contributed by atoms with E-state index in [1.165, 1.54) is 16.7 Å². The van der Waals surface area contributed by atoms with Crippen LogP contribution in [0.25, 0.3) is 0 Å². The van der Waals surface area contributed by atoms with Crippen molar-refractivity contribution in [2.24, 2.45) is 0 Å². The van der Waals surface area contributed by atoms with Gasteiger partial charge < -0.3 is 5.32 Å². The lowest BCUT2D eigenvalue weighted by molar-refractivity contribution is -0.117. The minimum atomic E-state index is 0.0770. The van der Waals surface area contributed by atoms with Crippen LogP contribution < -0.4 is 5.32 Å². The summed E-state index contributed by atoms with van der Waals surface area (Å²) in [5.74, 6) is 0.0770. The van der Waals surface area contributed by atoms with Crippen LogP contribution in [0.2, 0.25) is 5.02 Å². The molecule has 1 unspecified atom stereocenters. The van der Waals surface area contributed by atoms with Gasteiger partial charge in [0.25, 0.3) is 0 Å². The molecule has 1 saturated heterocycles. The molecule has 0 saturated carbocycles. The van der Waals surface area contributed by atoms with Gasteiger partial charge in [0, 0.05) is 42.9 Å². The molecule has 1 N–H and O–H groups in total. The van der Waals surface area contributed by atoms with Gasteiger partial charge >= 0.3 is 0 Å². The van der Waals surface area contributed by atoms with Crippen LogP contribution in [-0.2, 0) is 17.6 Å². The van der Waals surface area contributed by atoms with Crippen molar-refractivity contribution in [3.8, 4) is 0 Å². The predicted octanol–water partition coefficient (Wildman–Crippen LogP) is 4.78. The summed E-state index contributed by atoms with van der Waals surface area (Å²) in [6, 6.07) is 14.6. The number of piperazine rings is 1. The van der Waals surface area contributed by atoms with Gasteiger partial charge in [-0.15, -0.1) is 0 Å². The van der Waals surface area contributed by atoms with Crippen LogP contribution in [0, 0.1) is 0 Å². The number of benzene rings is 2. The molecule has 1 heterocycles. The Labute approximate surface area is 179 Å². The molecule has 3 rings (SSSR count). The molecule has 0 radical (unpaired) electrons. The van der Waals surface area contributed by atoms with Gasteiger partial charge in [0.15, 0.2) is 0 Å². The summed E-state index contributed by atoms with van der Waals surface area (Å²) >= 11 is 6.37. The molecular formula is C24H32ClN3O. The molecule has 1 fully saturated rings. The molecule has 1 amide bonds. The van der Waals surface area contributed by atoms with Crippen molar-refractivity contribution in [1.82, 2.24) is 9.80 Å². The third-order valence-corrected chi connectivity index (χ3v) is 6.28. The van der Waals surface area contributed by atoms with Crippen LogP contribution in [0.5, 0.6) is 0 Å². The number of carbonyl (C=O) groups is 1. The summed E-state index contributed by atoms with van der Waals surface area (Å²) in [6.45, 7) is 10.5. The lowest BCUT2D eigenvalue weighted by atomic mass is 10.0. The second kappa shape index (κ2) is 10.2. The minimum absolute atomic E-state index is 0.0770. The second-order valence-electron chi connectivity index (χ2n) is 7.72. The molecule has 1 aliphatic rings. The Morgan fingerprint density at radius 3 is 2.21 bits per heavy atom. The van der Waals surface area contributed by atoms with Crippen LogP contribution in [0.3, 0.4) is 0 Å². The average Bonchev–Trinajstić information content (AvgIpc) is 2.74. The maximum atomic E-state index is 12.7. The monoisotopic (exact) mass is 413 g/mol. The minimum Gasteiger partial charge on any atom is -0.324 e. The number of carbonyl (C=O) groups excluding carboxylic acids is 1. The molecule has 29 heavy (non-hydrogen) atoms. The Kier molecular flexibility index (Phi) is 7.70. The molecule has 156 valence electrons. The fraction of sp³-hybridized carbons (Fsp3) is 0.458. The van der Waals surface area contributed by atoms with E-state index in [1.807, 2.05) is 18.2 Å². The largest absolute Gasteiger partial charge is 0.324 e. The number of halogens is 1. The van der Waals surface area contributed by atoms with Crippen molar-refractivity contribution in [1.29, 1.82) is 0 Å². The molecule has 5 heteroatoms. The zero-order valence-electron chi connectivity index (χ0n) is 17.7. The summed E-state index contributed by atoms with van der Waals surface area (Å²) in [4.78, 5) is 17.4. The normalized spacial score (nSPS) is 16.6. The first kappa shape index (κ1) is 21.8. The van der Waals surface area contributed by atoms with E-state index < -0.39 is 0 Å². The van der Waals surface area contributed by atoms with E-state index in [2.05, 4.69) is 60.2 Å². The number of nitrogens with zero attached hydrogens (tertiary/aromatic N) is 2. The van der Waals surface area contributed by atoms with Gasteiger partial charge in [-0.05, 0) is 42.5 Å². The van der Waals surface area contributed by atoms with Crippen molar-refractivity contribution in [3.05, 3.63) is 64.2 Å². The number of rotatable bonds is 7. The van der Waals surface area contributed by atoms with Gasteiger partial charge in [-0.2, -0.15) is 0 Å². The van der Waals surface area contributed by atoms with Crippen LogP contribution in [-0.4, -0.2) is 48.4 Å².